The predicted molar refractivity (Wildman–Crippen MR) is 163 cm³/mol. The van der Waals surface area contributed by atoms with Crippen LogP contribution < -0.4 is 5.32 Å². The van der Waals surface area contributed by atoms with E-state index in [1.165, 1.54) is 10.9 Å². The number of hydrogen-bond acceptors (Lipinski definition) is 5. The molecule has 0 atom stereocenters. The first-order valence-electron chi connectivity index (χ1n) is 14.8. The average molecular weight is 551 g/mol. The van der Waals surface area contributed by atoms with Gasteiger partial charge < -0.3 is 20.0 Å². The van der Waals surface area contributed by atoms with Crippen LogP contribution in [0.5, 0.6) is 0 Å². The molecule has 1 aliphatic rings. The quantitative estimate of drug-likeness (QED) is 0.157. The first kappa shape index (κ1) is 27.0. The smallest absolute Gasteiger partial charge is 0.335 e. The van der Waals surface area contributed by atoms with Crippen LogP contribution in [0, 0.1) is 0 Å². The number of pyridine rings is 1. The Kier molecular flexibility index (Phi) is 8.00. The topological polar surface area (TPSA) is 99.1 Å². The maximum absolute atomic E-state index is 11.6. The number of nitrogens with one attached hydrogen (secondary N) is 2. The Bertz CT molecular complexity index is 1650. The van der Waals surface area contributed by atoms with E-state index in [9.17, 15) is 9.90 Å². The molecule has 1 saturated heterocycles. The van der Waals surface area contributed by atoms with Gasteiger partial charge in [-0.15, -0.1) is 0 Å². The fourth-order valence-corrected chi connectivity index (χ4v) is 5.97. The number of fused-ring (bicyclic) bond motifs is 2. The summed E-state index contributed by atoms with van der Waals surface area (Å²) in [4.78, 5) is 27.2. The first-order valence-corrected chi connectivity index (χ1v) is 14.8. The molecule has 8 heteroatoms. The van der Waals surface area contributed by atoms with E-state index in [1.807, 2.05) is 18.3 Å². The summed E-state index contributed by atoms with van der Waals surface area (Å²) >= 11 is 0. The lowest BCUT2D eigenvalue weighted by molar-refractivity contribution is 0.0697. The summed E-state index contributed by atoms with van der Waals surface area (Å²) in [5.41, 5.74) is 5.65. The molecule has 4 heterocycles. The molecule has 0 amide bonds. The van der Waals surface area contributed by atoms with Gasteiger partial charge in [0, 0.05) is 36.4 Å². The molecular formula is C33H38N6O2. The molecule has 0 saturated carbocycles. The second kappa shape index (κ2) is 12.1. The van der Waals surface area contributed by atoms with Crippen LogP contribution in [0.2, 0.25) is 0 Å². The van der Waals surface area contributed by atoms with Crippen LogP contribution in [-0.2, 0) is 19.6 Å². The minimum atomic E-state index is -0.900. The summed E-state index contributed by atoms with van der Waals surface area (Å²) in [5, 5.41) is 14.2. The average Bonchev–Trinajstić information content (AvgIpc) is 3.60. The Labute approximate surface area is 240 Å². The van der Waals surface area contributed by atoms with E-state index in [-0.39, 0.29) is 0 Å². The number of rotatable bonds is 11. The number of anilines is 1. The molecule has 41 heavy (non-hydrogen) atoms. The van der Waals surface area contributed by atoms with Gasteiger partial charge >= 0.3 is 5.97 Å². The molecule has 1 aliphatic heterocycles. The van der Waals surface area contributed by atoms with Crippen molar-refractivity contribution in [2.24, 2.45) is 0 Å². The van der Waals surface area contributed by atoms with Crippen molar-refractivity contribution < 1.29 is 9.90 Å². The van der Waals surface area contributed by atoms with Crippen LogP contribution >= 0.6 is 0 Å². The van der Waals surface area contributed by atoms with Gasteiger partial charge in [-0.2, -0.15) is 0 Å². The number of likely N-dealkylation sites (tertiary alicyclic amines) is 1. The van der Waals surface area contributed by atoms with Crippen molar-refractivity contribution in [3.05, 3.63) is 89.5 Å². The second-order valence-corrected chi connectivity index (χ2v) is 11.1. The third kappa shape index (κ3) is 6.12. The summed E-state index contributed by atoms with van der Waals surface area (Å²) in [6, 6.07) is 20.2. The van der Waals surface area contributed by atoms with E-state index in [0.717, 1.165) is 98.7 Å². The van der Waals surface area contributed by atoms with Crippen molar-refractivity contribution in [3.63, 3.8) is 0 Å². The molecule has 8 nitrogen and oxygen atoms in total. The molecule has 3 aromatic heterocycles. The number of piperidine rings is 1. The molecule has 2 aromatic carbocycles. The Hall–Kier alpha value is -4.17. The summed E-state index contributed by atoms with van der Waals surface area (Å²) in [5.74, 6) is 1.48. The van der Waals surface area contributed by atoms with E-state index in [1.54, 1.807) is 12.1 Å². The number of unbranched alkanes of at least 4 members (excludes halogenated alkanes) is 2. The van der Waals surface area contributed by atoms with Gasteiger partial charge in [-0.05, 0) is 91.8 Å². The van der Waals surface area contributed by atoms with Gasteiger partial charge in [0.1, 0.15) is 11.6 Å². The zero-order chi connectivity index (χ0) is 28.2. The SMILES string of the molecule is CCCCCn1c(CN2CCC(c3cccc(NCc4ccc5[nH]ccc5c4)n3)CC2)nc2ccc(C(=O)O)cc21. The number of aromatic amines is 1. The number of carboxylic acid groups (broad SMARTS) is 1. The molecule has 0 spiro atoms. The van der Waals surface area contributed by atoms with Crippen LogP contribution in [0.1, 0.15) is 72.4 Å². The molecule has 0 aliphatic carbocycles. The van der Waals surface area contributed by atoms with E-state index in [0.29, 0.717) is 11.5 Å². The maximum atomic E-state index is 11.6. The Morgan fingerprint density at radius 2 is 1.93 bits per heavy atom. The van der Waals surface area contributed by atoms with E-state index in [4.69, 9.17) is 9.97 Å². The maximum Gasteiger partial charge on any atom is 0.335 e. The fourth-order valence-electron chi connectivity index (χ4n) is 5.97. The molecule has 212 valence electrons. The molecule has 5 aromatic rings. The molecule has 0 radical (unpaired) electrons. The van der Waals surface area contributed by atoms with Crippen molar-refractivity contribution in [3.8, 4) is 0 Å². The lowest BCUT2D eigenvalue weighted by atomic mass is 9.93. The summed E-state index contributed by atoms with van der Waals surface area (Å²) < 4.78 is 2.24. The second-order valence-electron chi connectivity index (χ2n) is 11.1. The molecular weight excluding hydrogens is 512 g/mol. The van der Waals surface area contributed by atoms with Crippen molar-refractivity contribution >= 4 is 33.7 Å². The highest BCUT2D eigenvalue weighted by Gasteiger charge is 2.24. The van der Waals surface area contributed by atoms with Crippen molar-refractivity contribution in [1.29, 1.82) is 0 Å². The van der Waals surface area contributed by atoms with E-state index in [2.05, 4.69) is 63.1 Å². The molecule has 0 bridgehead atoms. The number of aryl methyl sites for hydroxylation is 1. The van der Waals surface area contributed by atoms with Crippen molar-refractivity contribution in [2.75, 3.05) is 18.4 Å². The van der Waals surface area contributed by atoms with Crippen molar-refractivity contribution in [2.45, 2.75) is 64.6 Å². The molecule has 6 rings (SSSR count). The summed E-state index contributed by atoms with van der Waals surface area (Å²) in [6.45, 7) is 6.55. The van der Waals surface area contributed by atoms with Gasteiger partial charge in [0.2, 0.25) is 0 Å². The lowest BCUT2D eigenvalue weighted by Crippen LogP contribution is -2.33. The Morgan fingerprint density at radius 1 is 1.05 bits per heavy atom. The third-order valence-corrected chi connectivity index (χ3v) is 8.29. The first-order chi connectivity index (χ1) is 20.1. The number of imidazole rings is 1. The van der Waals surface area contributed by atoms with Gasteiger partial charge in [0.15, 0.2) is 0 Å². The number of benzene rings is 2. The number of aromatic carboxylic acids is 1. The van der Waals surface area contributed by atoms with Gasteiger partial charge in [-0.1, -0.05) is 31.9 Å². The lowest BCUT2D eigenvalue weighted by Gasteiger charge is -2.31. The Morgan fingerprint density at radius 3 is 2.76 bits per heavy atom. The third-order valence-electron chi connectivity index (χ3n) is 8.29. The molecule has 1 fully saturated rings. The van der Waals surface area contributed by atoms with Crippen LogP contribution in [0.15, 0.2) is 66.9 Å². The fraction of sp³-hybridized carbons (Fsp3) is 0.364. The summed E-state index contributed by atoms with van der Waals surface area (Å²) in [6.07, 6.45) is 7.43. The van der Waals surface area contributed by atoms with Gasteiger partial charge in [0.25, 0.3) is 0 Å². The van der Waals surface area contributed by atoms with Crippen LogP contribution in [0.25, 0.3) is 21.9 Å². The van der Waals surface area contributed by atoms with Gasteiger partial charge in [-0.25, -0.2) is 14.8 Å². The molecule has 3 N–H and O–H groups in total. The minimum Gasteiger partial charge on any atom is -0.478 e. The van der Waals surface area contributed by atoms with E-state index < -0.39 is 5.97 Å². The largest absolute Gasteiger partial charge is 0.478 e. The Balaban J connectivity index is 1.09. The number of carbonyl (C=O) groups is 1. The number of nitrogens with zero attached hydrogens (tertiary/aromatic N) is 4. The normalized spacial score (nSPS) is 14.7. The minimum absolute atomic E-state index is 0.312. The molecule has 0 unspecified atom stereocenters. The van der Waals surface area contributed by atoms with Crippen LogP contribution in [-0.4, -0.2) is 48.6 Å². The van der Waals surface area contributed by atoms with Crippen molar-refractivity contribution in [1.82, 2.24) is 24.4 Å². The highest BCUT2D eigenvalue weighted by Crippen LogP contribution is 2.29. The highest BCUT2D eigenvalue weighted by molar-refractivity contribution is 5.92. The monoisotopic (exact) mass is 550 g/mol. The summed E-state index contributed by atoms with van der Waals surface area (Å²) in [7, 11) is 0. The zero-order valence-electron chi connectivity index (χ0n) is 23.6. The van der Waals surface area contributed by atoms with Crippen LogP contribution in [0.3, 0.4) is 0 Å². The highest BCUT2D eigenvalue weighted by atomic mass is 16.4. The van der Waals surface area contributed by atoms with Crippen LogP contribution in [0.4, 0.5) is 5.82 Å². The zero-order valence-corrected chi connectivity index (χ0v) is 23.6. The number of hydrogen-bond donors (Lipinski definition) is 3. The standard InChI is InChI=1S/C33H38N6O2/c1-2-3-4-16-39-30-20-26(33(40)41)9-11-29(30)37-32(39)22-38-17-13-24(14-18-38)28-6-5-7-31(36-28)35-21-23-8-10-27-25(19-23)12-15-34-27/h5-12,15,19-20,24,34H,2-4,13-14,16-18,21-22H2,1H3,(H,35,36)(H,40,41). The van der Waals surface area contributed by atoms with E-state index >= 15 is 0 Å². The number of carboxylic acids is 1. The predicted octanol–water partition coefficient (Wildman–Crippen LogP) is 6.79. The van der Waals surface area contributed by atoms with Gasteiger partial charge in [0.05, 0.1) is 23.1 Å². The number of aromatic nitrogens is 4. The number of H-pyrrole nitrogens is 1. The van der Waals surface area contributed by atoms with Gasteiger partial charge in [-0.3, -0.25) is 4.90 Å².